The number of ether oxygens (including phenoxy) is 1. The Balaban J connectivity index is 1.67. The van der Waals surface area contributed by atoms with Gasteiger partial charge in [-0.05, 0) is 31.2 Å². The van der Waals surface area contributed by atoms with Gasteiger partial charge in [0.15, 0.2) is 0 Å². The van der Waals surface area contributed by atoms with E-state index in [-0.39, 0.29) is 17.2 Å². The largest absolute Gasteiger partial charge is 0.462 e. The zero-order valence-electron chi connectivity index (χ0n) is 16.9. The van der Waals surface area contributed by atoms with Gasteiger partial charge in [-0.1, -0.05) is 42.1 Å². The fourth-order valence-electron chi connectivity index (χ4n) is 3.35. The highest BCUT2D eigenvalue weighted by atomic mass is 32.2. The first kappa shape index (κ1) is 20.3. The molecule has 0 aliphatic carbocycles. The van der Waals surface area contributed by atoms with E-state index in [1.807, 2.05) is 42.5 Å². The number of aromatic amines is 1. The van der Waals surface area contributed by atoms with E-state index in [1.165, 1.54) is 23.1 Å². The number of nitrogens with two attached hydrogens (primary N) is 1. The van der Waals surface area contributed by atoms with E-state index in [1.54, 1.807) is 19.1 Å². The summed E-state index contributed by atoms with van der Waals surface area (Å²) in [5.41, 5.74) is 8.89. The van der Waals surface area contributed by atoms with Crippen molar-refractivity contribution in [2.24, 2.45) is 0 Å². The number of esters is 1. The summed E-state index contributed by atoms with van der Waals surface area (Å²) in [6.45, 7) is 1.96. The maximum atomic E-state index is 12.6. The number of nitrogens with one attached hydrogen (secondary N) is 1. The number of hydrogen-bond donors (Lipinski definition) is 2. The van der Waals surface area contributed by atoms with Crippen LogP contribution in [0.5, 0.6) is 0 Å². The summed E-state index contributed by atoms with van der Waals surface area (Å²) in [5.74, 6) is 0.00734. The standard InChI is InChI=1S/C23H17N3O4S2/c1-2-29-22(28)19-18(24)17(20-25-13-8-4-5-9-14(13)26-20)23(32-19)31-16-11-12-7-3-6-10-15(12)30-21(16)27/h3-11H,2,24H2,1H3,(H,25,26). The van der Waals surface area contributed by atoms with Gasteiger partial charge in [-0.2, -0.15) is 0 Å². The summed E-state index contributed by atoms with van der Waals surface area (Å²) in [4.78, 5) is 33.7. The summed E-state index contributed by atoms with van der Waals surface area (Å²) in [7, 11) is 0. The lowest BCUT2D eigenvalue weighted by atomic mass is 10.2. The zero-order chi connectivity index (χ0) is 22.2. The van der Waals surface area contributed by atoms with Gasteiger partial charge in [-0.25, -0.2) is 14.6 Å². The van der Waals surface area contributed by atoms with Crippen LogP contribution < -0.4 is 11.4 Å². The highest BCUT2D eigenvalue weighted by molar-refractivity contribution is 8.01. The smallest absolute Gasteiger partial charge is 0.350 e. The molecular weight excluding hydrogens is 446 g/mol. The van der Waals surface area contributed by atoms with Crippen molar-refractivity contribution in [3.05, 3.63) is 69.9 Å². The Morgan fingerprint density at radius 3 is 2.81 bits per heavy atom. The number of H-pyrrole nitrogens is 1. The molecule has 5 aromatic rings. The molecule has 5 rings (SSSR count). The predicted octanol–water partition coefficient (Wildman–Crippen LogP) is 5.31. The molecule has 3 N–H and O–H groups in total. The van der Waals surface area contributed by atoms with Crippen LogP contribution in [-0.4, -0.2) is 22.5 Å². The van der Waals surface area contributed by atoms with Crippen LogP contribution in [0.3, 0.4) is 0 Å². The van der Waals surface area contributed by atoms with Crippen molar-refractivity contribution >= 4 is 56.8 Å². The second-order valence-corrected chi connectivity index (χ2v) is 9.20. The van der Waals surface area contributed by atoms with Crippen molar-refractivity contribution in [2.75, 3.05) is 12.3 Å². The van der Waals surface area contributed by atoms with Gasteiger partial charge in [0.25, 0.3) is 0 Å². The summed E-state index contributed by atoms with van der Waals surface area (Å²) >= 11 is 2.37. The van der Waals surface area contributed by atoms with E-state index in [0.29, 0.717) is 26.1 Å². The quantitative estimate of drug-likeness (QED) is 0.268. The third kappa shape index (κ3) is 3.55. The minimum absolute atomic E-state index is 0.229. The molecule has 9 heteroatoms. The second-order valence-electron chi connectivity index (χ2n) is 6.87. The van der Waals surface area contributed by atoms with Crippen molar-refractivity contribution in [2.45, 2.75) is 16.0 Å². The van der Waals surface area contributed by atoms with Crippen molar-refractivity contribution < 1.29 is 13.9 Å². The molecular formula is C23H17N3O4S2. The van der Waals surface area contributed by atoms with Crippen molar-refractivity contribution in [1.29, 1.82) is 0 Å². The number of nitrogen functional groups attached to an aromatic ring is 1. The number of nitrogens with zero attached hydrogens (tertiary/aromatic N) is 1. The van der Waals surface area contributed by atoms with Crippen LogP contribution >= 0.6 is 23.1 Å². The number of aromatic nitrogens is 2. The van der Waals surface area contributed by atoms with Crippen molar-refractivity contribution in [3.8, 4) is 11.4 Å². The molecule has 0 spiro atoms. The van der Waals surface area contributed by atoms with Gasteiger partial charge >= 0.3 is 11.6 Å². The maximum Gasteiger partial charge on any atom is 0.350 e. The Morgan fingerprint density at radius 2 is 2.00 bits per heavy atom. The number of carbonyl (C=O) groups is 1. The van der Waals surface area contributed by atoms with Gasteiger partial charge in [0.1, 0.15) is 16.3 Å². The SMILES string of the molecule is CCOC(=O)c1sc(Sc2cc3ccccc3oc2=O)c(-c2nc3ccccc3[nH]2)c1N. The highest BCUT2D eigenvalue weighted by Crippen LogP contribution is 2.46. The van der Waals surface area contributed by atoms with Crippen LogP contribution in [0.2, 0.25) is 0 Å². The summed E-state index contributed by atoms with van der Waals surface area (Å²) in [5, 5.41) is 0.801. The molecule has 0 radical (unpaired) electrons. The number of benzene rings is 2. The number of carbonyl (C=O) groups excluding carboxylic acids is 1. The lowest BCUT2D eigenvalue weighted by Gasteiger charge is -2.03. The monoisotopic (exact) mass is 463 g/mol. The number of hydrogen-bond acceptors (Lipinski definition) is 8. The summed E-state index contributed by atoms with van der Waals surface area (Å²) in [6.07, 6.45) is 0. The van der Waals surface area contributed by atoms with Gasteiger partial charge in [-0.15, -0.1) is 11.3 Å². The minimum Gasteiger partial charge on any atom is -0.462 e. The molecule has 160 valence electrons. The first-order valence-electron chi connectivity index (χ1n) is 9.80. The van der Waals surface area contributed by atoms with Crippen LogP contribution in [0.4, 0.5) is 5.69 Å². The number of rotatable bonds is 5. The third-order valence-corrected chi connectivity index (χ3v) is 7.19. The van der Waals surface area contributed by atoms with E-state index in [4.69, 9.17) is 14.9 Å². The normalized spacial score (nSPS) is 11.3. The Kier molecular flexibility index (Phi) is 5.20. The molecule has 0 atom stereocenters. The van der Waals surface area contributed by atoms with Gasteiger partial charge in [0.2, 0.25) is 0 Å². The molecule has 7 nitrogen and oxygen atoms in total. The van der Waals surface area contributed by atoms with E-state index in [2.05, 4.69) is 9.97 Å². The third-order valence-electron chi connectivity index (χ3n) is 4.81. The maximum absolute atomic E-state index is 12.6. The molecule has 0 aliphatic rings. The molecule has 0 saturated carbocycles. The molecule has 0 aliphatic heterocycles. The number of anilines is 1. The van der Waals surface area contributed by atoms with E-state index in [0.717, 1.165) is 16.4 Å². The zero-order valence-corrected chi connectivity index (χ0v) is 18.5. The van der Waals surface area contributed by atoms with Crippen molar-refractivity contribution in [3.63, 3.8) is 0 Å². The predicted molar refractivity (Wildman–Crippen MR) is 126 cm³/mol. The van der Waals surface area contributed by atoms with Gasteiger partial charge in [-0.3, -0.25) is 0 Å². The van der Waals surface area contributed by atoms with Crippen LogP contribution in [0.15, 0.2) is 72.9 Å². The van der Waals surface area contributed by atoms with Gasteiger partial charge < -0.3 is 19.9 Å². The van der Waals surface area contributed by atoms with Crippen LogP contribution in [0, 0.1) is 0 Å². The number of imidazole rings is 1. The fraction of sp³-hybridized carbons (Fsp3) is 0.0870. The van der Waals surface area contributed by atoms with E-state index < -0.39 is 11.6 Å². The molecule has 32 heavy (non-hydrogen) atoms. The van der Waals surface area contributed by atoms with Crippen LogP contribution in [0.1, 0.15) is 16.6 Å². The average molecular weight is 464 g/mol. The lowest BCUT2D eigenvalue weighted by molar-refractivity contribution is 0.0533. The molecule has 3 aromatic heterocycles. The Labute approximate surface area is 190 Å². The van der Waals surface area contributed by atoms with Crippen LogP contribution in [-0.2, 0) is 4.74 Å². The highest BCUT2D eigenvalue weighted by Gasteiger charge is 2.26. The molecule has 0 unspecified atom stereocenters. The molecule has 0 saturated heterocycles. The summed E-state index contributed by atoms with van der Waals surface area (Å²) < 4.78 is 11.3. The first-order chi connectivity index (χ1) is 15.5. The minimum atomic E-state index is -0.509. The lowest BCUT2D eigenvalue weighted by Crippen LogP contribution is -2.05. The average Bonchev–Trinajstić information content (AvgIpc) is 3.35. The molecule has 0 amide bonds. The Morgan fingerprint density at radius 1 is 1.22 bits per heavy atom. The topological polar surface area (TPSA) is 111 Å². The molecule has 3 heterocycles. The van der Waals surface area contributed by atoms with E-state index >= 15 is 0 Å². The summed E-state index contributed by atoms with van der Waals surface area (Å²) in [6, 6.07) is 16.7. The number of thiophene rings is 1. The van der Waals surface area contributed by atoms with E-state index in [9.17, 15) is 9.59 Å². The molecule has 2 aromatic carbocycles. The number of para-hydroxylation sites is 3. The Hall–Kier alpha value is -3.56. The van der Waals surface area contributed by atoms with Gasteiger partial charge in [0, 0.05) is 5.39 Å². The fourth-order valence-corrected chi connectivity index (χ4v) is 5.71. The first-order valence-corrected chi connectivity index (χ1v) is 11.4. The van der Waals surface area contributed by atoms with Crippen LogP contribution in [0.25, 0.3) is 33.4 Å². The molecule has 0 fully saturated rings. The number of fused-ring (bicyclic) bond motifs is 2. The van der Waals surface area contributed by atoms with Crippen molar-refractivity contribution in [1.82, 2.24) is 9.97 Å². The van der Waals surface area contributed by atoms with Gasteiger partial charge in [0.05, 0.1) is 38.0 Å². The molecule has 0 bridgehead atoms. The Bertz CT molecular complexity index is 1500. The second kappa shape index (κ2) is 8.18.